The molecule has 2 aliphatic rings. The van der Waals surface area contributed by atoms with Crippen molar-refractivity contribution in [2.75, 3.05) is 24.5 Å². The van der Waals surface area contributed by atoms with Crippen LogP contribution in [-0.2, 0) is 6.42 Å². The minimum atomic E-state index is 0.338. The van der Waals surface area contributed by atoms with E-state index in [1.54, 1.807) is 0 Å². The number of fused-ring (bicyclic) bond motifs is 1. The molecular weight excluding hydrogens is 272 g/mol. The first-order chi connectivity index (χ1) is 10.8. The van der Waals surface area contributed by atoms with Crippen molar-refractivity contribution >= 4 is 5.69 Å². The quantitative estimate of drug-likeness (QED) is 0.896. The Morgan fingerprint density at radius 1 is 1.27 bits per heavy atom. The normalized spacial score (nSPS) is 24.7. The van der Waals surface area contributed by atoms with Gasteiger partial charge >= 0.3 is 0 Å². The summed E-state index contributed by atoms with van der Waals surface area (Å²) in [6.45, 7) is 7.80. The summed E-state index contributed by atoms with van der Waals surface area (Å²) in [4.78, 5) is 2.52. The van der Waals surface area contributed by atoms with Crippen LogP contribution in [0.5, 0.6) is 5.75 Å². The molecule has 1 aromatic rings. The lowest BCUT2D eigenvalue weighted by Crippen LogP contribution is -2.40. The summed E-state index contributed by atoms with van der Waals surface area (Å²) in [5.41, 5.74) is 2.75. The molecule has 1 fully saturated rings. The van der Waals surface area contributed by atoms with Crippen molar-refractivity contribution in [2.45, 2.75) is 64.5 Å². The van der Waals surface area contributed by atoms with Crippen molar-refractivity contribution < 1.29 is 4.74 Å². The Bertz CT molecular complexity index is 482. The Labute approximate surface area is 135 Å². The molecule has 0 radical (unpaired) electrons. The van der Waals surface area contributed by atoms with Crippen molar-refractivity contribution in [3.05, 3.63) is 23.8 Å². The second-order valence-corrected chi connectivity index (χ2v) is 6.75. The van der Waals surface area contributed by atoms with Crippen LogP contribution >= 0.6 is 0 Å². The molecule has 22 heavy (non-hydrogen) atoms. The highest BCUT2D eigenvalue weighted by Crippen LogP contribution is 2.35. The van der Waals surface area contributed by atoms with E-state index in [1.807, 2.05) is 0 Å². The lowest BCUT2D eigenvalue weighted by Gasteiger charge is -2.36. The van der Waals surface area contributed by atoms with Gasteiger partial charge in [-0.05, 0) is 56.3 Å². The molecule has 1 N–H and O–H groups in total. The van der Waals surface area contributed by atoms with E-state index in [2.05, 4.69) is 42.3 Å². The highest BCUT2D eigenvalue weighted by molar-refractivity contribution is 5.61. The molecular formula is C19H30N2O. The number of rotatable bonds is 5. The topological polar surface area (TPSA) is 24.5 Å². The third kappa shape index (κ3) is 3.57. The van der Waals surface area contributed by atoms with Gasteiger partial charge in [0.05, 0.1) is 12.2 Å². The van der Waals surface area contributed by atoms with E-state index in [-0.39, 0.29) is 0 Å². The van der Waals surface area contributed by atoms with Gasteiger partial charge < -0.3 is 15.0 Å². The van der Waals surface area contributed by atoms with Crippen LogP contribution in [0.25, 0.3) is 0 Å². The molecule has 3 rings (SSSR count). The Balaban J connectivity index is 1.76. The Hall–Kier alpha value is -1.22. The second-order valence-electron chi connectivity index (χ2n) is 6.75. The summed E-state index contributed by atoms with van der Waals surface area (Å²) < 4.78 is 6.15. The molecule has 0 aromatic heterocycles. The number of nitrogens with zero attached hydrogens (tertiary/aromatic N) is 1. The molecule has 0 amide bonds. The fraction of sp³-hybridized carbons (Fsp3) is 0.684. The van der Waals surface area contributed by atoms with Crippen LogP contribution in [0.1, 0.15) is 51.5 Å². The second kappa shape index (κ2) is 7.36. The molecule has 1 aromatic carbocycles. The number of hydrogen-bond acceptors (Lipinski definition) is 3. The van der Waals surface area contributed by atoms with Gasteiger partial charge in [0.15, 0.2) is 0 Å². The fourth-order valence-corrected chi connectivity index (χ4v) is 3.67. The van der Waals surface area contributed by atoms with Crippen LogP contribution in [0.2, 0.25) is 0 Å². The molecule has 0 bridgehead atoms. The molecule has 2 atom stereocenters. The Kier molecular flexibility index (Phi) is 5.24. The molecule has 122 valence electrons. The number of hydrogen-bond donors (Lipinski definition) is 1. The molecule has 0 aliphatic carbocycles. The molecule has 3 nitrogen and oxygen atoms in total. The highest BCUT2D eigenvalue weighted by Gasteiger charge is 2.24. The lowest BCUT2D eigenvalue weighted by atomic mass is 9.97. The Morgan fingerprint density at radius 2 is 2.18 bits per heavy atom. The largest absolute Gasteiger partial charge is 0.486 e. The van der Waals surface area contributed by atoms with Crippen LogP contribution in [-0.4, -0.2) is 31.8 Å². The molecule has 0 spiro atoms. The van der Waals surface area contributed by atoms with Crippen molar-refractivity contribution in [1.82, 2.24) is 5.32 Å². The van der Waals surface area contributed by atoms with Crippen molar-refractivity contribution in [2.24, 2.45) is 0 Å². The van der Waals surface area contributed by atoms with E-state index < -0.39 is 0 Å². The number of piperidine rings is 1. The van der Waals surface area contributed by atoms with Gasteiger partial charge in [-0.25, -0.2) is 0 Å². The summed E-state index contributed by atoms with van der Waals surface area (Å²) in [7, 11) is 0. The third-order valence-electron chi connectivity index (χ3n) is 4.93. The summed E-state index contributed by atoms with van der Waals surface area (Å²) in [5.74, 6) is 1.08. The number of nitrogens with one attached hydrogen (secondary N) is 1. The smallest absolute Gasteiger partial charge is 0.143 e. The van der Waals surface area contributed by atoms with E-state index in [0.29, 0.717) is 12.1 Å². The van der Waals surface area contributed by atoms with Crippen LogP contribution in [0.3, 0.4) is 0 Å². The van der Waals surface area contributed by atoms with Gasteiger partial charge in [-0.2, -0.15) is 0 Å². The van der Waals surface area contributed by atoms with E-state index in [1.165, 1.54) is 43.5 Å². The molecule has 1 saturated heterocycles. The maximum absolute atomic E-state index is 6.15. The zero-order valence-corrected chi connectivity index (χ0v) is 14.1. The van der Waals surface area contributed by atoms with E-state index in [4.69, 9.17) is 4.74 Å². The lowest BCUT2D eigenvalue weighted by molar-refractivity contribution is 0.189. The summed E-state index contributed by atoms with van der Waals surface area (Å²) in [6, 6.07) is 7.47. The SMILES string of the molecule is CCCN1CC(CC)Oc2ccc(CC3CCCCN3)cc21. The van der Waals surface area contributed by atoms with Gasteiger partial charge in [-0.15, -0.1) is 0 Å². The maximum Gasteiger partial charge on any atom is 0.143 e. The van der Waals surface area contributed by atoms with Gasteiger partial charge in [0.1, 0.15) is 11.9 Å². The van der Waals surface area contributed by atoms with Crippen molar-refractivity contribution in [1.29, 1.82) is 0 Å². The molecule has 2 heterocycles. The fourth-order valence-electron chi connectivity index (χ4n) is 3.67. The minimum Gasteiger partial charge on any atom is -0.486 e. The molecule has 3 heteroatoms. The zero-order chi connectivity index (χ0) is 15.4. The van der Waals surface area contributed by atoms with Crippen LogP contribution < -0.4 is 15.0 Å². The van der Waals surface area contributed by atoms with E-state index in [9.17, 15) is 0 Å². The number of anilines is 1. The number of ether oxygens (including phenoxy) is 1. The van der Waals surface area contributed by atoms with Gasteiger partial charge in [0.2, 0.25) is 0 Å². The monoisotopic (exact) mass is 302 g/mol. The minimum absolute atomic E-state index is 0.338. The van der Waals surface area contributed by atoms with Crippen molar-refractivity contribution in [3.8, 4) is 5.75 Å². The van der Waals surface area contributed by atoms with E-state index in [0.717, 1.165) is 31.7 Å². The van der Waals surface area contributed by atoms with Crippen LogP contribution in [0.4, 0.5) is 5.69 Å². The van der Waals surface area contributed by atoms with Gasteiger partial charge in [0, 0.05) is 12.6 Å². The van der Waals surface area contributed by atoms with Crippen LogP contribution in [0, 0.1) is 0 Å². The molecule has 2 aliphatic heterocycles. The highest BCUT2D eigenvalue weighted by atomic mass is 16.5. The standard InChI is InChI=1S/C19H30N2O/c1-3-11-21-14-17(4-2)22-19-9-8-15(13-18(19)21)12-16-7-5-6-10-20-16/h8-9,13,16-17,20H,3-7,10-12,14H2,1-2H3. The zero-order valence-electron chi connectivity index (χ0n) is 14.1. The molecule has 2 unspecified atom stereocenters. The average molecular weight is 302 g/mol. The first-order valence-electron chi connectivity index (χ1n) is 9.08. The first kappa shape index (κ1) is 15.7. The van der Waals surface area contributed by atoms with Gasteiger partial charge in [-0.3, -0.25) is 0 Å². The first-order valence-corrected chi connectivity index (χ1v) is 9.08. The Morgan fingerprint density at radius 3 is 2.91 bits per heavy atom. The molecule has 0 saturated carbocycles. The number of benzene rings is 1. The maximum atomic E-state index is 6.15. The summed E-state index contributed by atoms with van der Waals surface area (Å²) in [6.07, 6.45) is 7.75. The van der Waals surface area contributed by atoms with Crippen LogP contribution in [0.15, 0.2) is 18.2 Å². The summed E-state index contributed by atoms with van der Waals surface area (Å²) >= 11 is 0. The predicted octanol–water partition coefficient (Wildman–Crippen LogP) is 3.76. The van der Waals surface area contributed by atoms with Crippen molar-refractivity contribution in [3.63, 3.8) is 0 Å². The average Bonchev–Trinajstić information content (AvgIpc) is 2.56. The predicted molar refractivity (Wildman–Crippen MR) is 93.0 cm³/mol. The van der Waals surface area contributed by atoms with E-state index >= 15 is 0 Å². The summed E-state index contributed by atoms with van der Waals surface area (Å²) in [5, 5.41) is 3.66. The third-order valence-corrected chi connectivity index (χ3v) is 4.93. The van der Waals surface area contributed by atoms with Gasteiger partial charge in [0.25, 0.3) is 0 Å². The van der Waals surface area contributed by atoms with Gasteiger partial charge in [-0.1, -0.05) is 26.3 Å².